The molecule has 1 atom stereocenters. The molecule has 12 heteroatoms. The SMILES string of the molecule is NS(=O)(=O)N1CCC2(CC1)[C@H](c1nc(-c3ccnn3C3CC3)no1)C2(F)F. The number of halogens is 2. The first-order valence-corrected chi connectivity index (χ1v) is 10.3. The van der Waals surface area contributed by atoms with Gasteiger partial charge in [0.25, 0.3) is 16.1 Å². The maximum absolute atomic E-state index is 14.7. The van der Waals surface area contributed by atoms with Crippen molar-refractivity contribution in [2.45, 2.75) is 43.6 Å². The molecule has 3 aliphatic rings. The molecule has 0 radical (unpaired) electrons. The highest BCUT2D eigenvalue weighted by atomic mass is 32.2. The van der Waals surface area contributed by atoms with E-state index in [0.29, 0.717) is 11.7 Å². The van der Waals surface area contributed by atoms with E-state index in [2.05, 4.69) is 15.2 Å². The van der Waals surface area contributed by atoms with Gasteiger partial charge in [-0.05, 0) is 31.7 Å². The molecule has 0 unspecified atom stereocenters. The van der Waals surface area contributed by atoms with Crippen molar-refractivity contribution in [1.82, 2.24) is 24.2 Å². The van der Waals surface area contributed by atoms with Crippen LogP contribution in [-0.4, -0.2) is 51.7 Å². The highest BCUT2D eigenvalue weighted by molar-refractivity contribution is 7.86. The van der Waals surface area contributed by atoms with Crippen molar-refractivity contribution < 1.29 is 21.7 Å². The quantitative estimate of drug-likeness (QED) is 0.826. The Hall–Kier alpha value is -1.92. The minimum absolute atomic E-state index is 0.00117. The molecule has 0 bridgehead atoms. The molecule has 1 aliphatic heterocycles. The second-order valence-corrected chi connectivity index (χ2v) is 9.05. The fourth-order valence-corrected chi connectivity index (χ4v) is 4.91. The van der Waals surface area contributed by atoms with Gasteiger partial charge in [-0.15, -0.1) is 0 Å². The largest absolute Gasteiger partial charge is 0.338 e. The first-order valence-electron chi connectivity index (χ1n) is 8.77. The summed E-state index contributed by atoms with van der Waals surface area (Å²) in [6, 6.07) is 2.03. The van der Waals surface area contributed by atoms with Crippen LogP contribution in [0.4, 0.5) is 8.78 Å². The van der Waals surface area contributed by atoms with Crippen molar-refractivity contribution in [3.05, 3.63) is 18.2 Å². The molecule has 27 heavy (non-hydrogen) atoms. The van der Waals surface area contributed by atoms with Crippen LogP contribution in [0.2, 0.25) is 0 Å². The lowest BCUT2D eigenvalue weighted by Crippen LogP contribution is -2.43. The highest BCUT2D eigenvalue weighted by Crippen LogP contribution is 2.75. The summed E-state index contributed by atoms with van der Waals surface area (Å²) in [5.41, 5.74) is -0.705. The van der Waals surface area contributed by atoms with Gasteiger partial charge in [0.1, 0.15) is 11.6 Å². The van der Waals surface area contributed by atoms with Crippen LogP contribution in [0.25, 0.3) is 11.5 Å². The van der Waals surface area contributed by atoms with Gasteiger partial charge in [0, 0.05) is 19.3 Å². The summed E-state index contributed by atoms with van der Waals surface area (Å²) >= 11 is 0. The number of alkyl halides is 2. The monoisotopic (exact) mass is 400 g/mol. The van der Waals surface area contributed by atoms with Crippen LogP contribution in [0.1, 0.15) is 43.5 Å². The minimum atomic E-state index is -3.87. The fraction of sp³-hybridized carbons (Fsp3) is 0.667. The van der Waals surface area contributed by atoms with Crippen molar-refractivity contribution >= 4 is 10.2 Å². The van der Waals surface area contributed by atoms with Gasteiger partial charge in [-0.3, -0.25) is 4.68 Å². The summed E-state index contributed by atoms with van der Waals surface area (Å²) in [7, 11) is -3.87. The third kappa shape index (κ3) is 2.46. The number of hydrogen-bond acceptors (Lipinski definition) is 6. The second kappa shape index (κ2) is 5.32. The molecule has 0 aromatic carbocycles. The Kier molecular flexibility index (Phi) is 3.39. The van der Waals surface area contributed by atoms with Gasteiger partial charge in [-0.1, -0.05) is 5.16 Å². The topological polar surface area (TPSA) is 120 Å². The number of nitrogens with zero attached hydrogens (tertiary/aromatic N) is 5. The fourth-order valence-electron chi connectivity index (χ4n) is 4.22. The van der Waals surface area contributed by atoms with Crippen LogP contribution in [0.15, 0.2) is 16.8 Å². The van der Waals surface area contributed by atoms with E-state index in [-0.39, 0.29) is 37.6 Å². The zero-order valence-corrected chi connectivity index (χ0v) is 15.1. The first kappa shape index (κ1) is 17.2. The predicted molar refractivity (Wildman–Crippen MR) is 87.8 cm³/mol. The average molecular weight is 400 g/mol. The molecule has 1 spiro atoms. The van der Waals surface area contributed by atoms with Gasteiger partial charge in [-0.25, -0.2) is 13.9 Å². The maximum Gasteiger partial charge on any atom is 0.276 e. The maximum atomic E-state index is 14.7. The molecule has 5 rings (SSSR count). The molecule has 9 nitrogen and oxygen atoms in total. The second-order valence-electron chi connectivity index (χ2n) is 7.50. The smallest absolute Gasteiger partial charge is 0.276 e. The van der Waals surface area contributed by atoms with Crippen molar-refractivity contribution in [2.75, 3.05) is 13.1 Å². The van der Waals surface area contributed by atoms with E-state index in [1.165, 1.54) is 0 Å². The van der Waals surface area contributed by atoms with Crippen LogP contribution in [-0.2, 0) is 10.2 Å². The summed E-state index contributed by atoms with van der Waals surface area (Å²) in [6.45, 7) is -0.0826. The Morgan fingerprint density at radius 1 is 1.26 bits per heavy atom. The Labute approximate surface area is 153 Å². The lowest BCUT2D eigenvalue weighted by Gasteiger charge is -2.30. The van der Waals surface area contributed by atoms with E-state index in [9.17, 15) is 17.2 Å². The van der Waals surface area contributed by atoms with Crippen molar-refractivity contribution in [3.8, 4) is 11.5 Å². The molecule has 2 aromatic rings. The molecular weight excluding hydrogens is 382 g/mol. The van der Waals surface area contributed by atoms with E-state index in [1.807, 2.05) is 0 Å². The summed E-state index contributed by atoms with van der Waals surface area (Å²) < 4.78 is 60.2. The standard InChI is InChI=1S/C15H18F2N6O3S/c16-15(17)11(14(15)4-7-22(8-5-14)27(18,24)25)13-20-12(21-26-13)10-3-6-19-23(10)9-1-2-9/h3,6,9,11H,1-2,4-5,7-8H2,(H2,18,24,25)/t11-/m0/s1. The van der Waals surface area contributed by atoms with Crippen molar-refractivity contribution in [2.24, 2.45) is 10.6 Å². The Morgan fingerprint density at radius 2 is 1.96 bits per heavy atom. The third-order valence-electron chi connectivity index (χ3n) is 5.95. The number of nitrogens with two attached hydrogens (primary N) is 1. The minimum Gasteiger partial charge on any atom is -0.338 e. The molecule has 3 heterocycles. The van der Waals surface area contributed by atoms with E-state index in [1.54, 1.807) is 16.9 Å². The molecule has 2 aliphatic carbocycles. The van der Waals surface area contributed by atoms with E-state index in [4.69, 9.17) is 9.66 Å². The first-order chi connectivity index (χ1) is 12.7. The molecule has 1 saturated heterocycles. The zero-order valence-electron chi connectivity index (χ0n) is 14.3. The number of rotatable bonds is 4. The predicted octanol–water partition coefficient (Wildman–Crippen LogP) is 1.29. The normalized spacial score (nSPS) is 27.1. The summed E-state index contributed by atoms with van der Waals surface area (Å²) in [6.07, 6.45) is 3.66. The van der Waals surface area contributed by atoms with Gasteiger partial charge in [-0.2, -0.15) is 22.8 Å². The lowest BCUT2D eigenvalue weighted by atomic mass is 9.91. The summed E-state index contributed by atoms with van der Waals surface area (Å²) in [5, 5.41) is 13.2. The molecule has 146 valence electrons. The molecule has 2 aromatic heterocycles. The van der Waals surface area contributed by atoms with E-state index in [0.717, 1.165) is 17.1 Å². The average Bonchev–Trinajstić information content (AvgIpc) is 3.32. The number of hydrogen-bond donors (Lipinski definition) is 1. The van der Waals surface area contributed by atoms with Gasteiger partial charge >= 0.3 is 0 Å². The summed E-state index contributed by atoms with van der Waals surface area (Å²) in [4.78, 5) is 4.22. The Morgan fingerprint density at radius 3 is 2.59 bits per heavy atom. The van der Waals surface area contributed by atoms with Crippen LogP contribution in [0.5, 0.6) is 0 Å². The zero-order chi connectivity index (χ0) is 19.0. The van der Waals surface area contributed by atoms with Gasteiger partial charge in [0.2, 0.25) is 11.7 Å². The van der Waals surface area contributed by atoms with Gasteiger partial charge < -0.3 is 4.52 Å². The summed E-state index contributed by atoms with van der Waals surface area (Å²) in [5.74, 6) is -4.08. The van der Waals surface area contributed by atoms with Crippen molar-refractivity contribution in [3.63, 3.8) is 0 Å². The molecular formula is C15H18F2N6O3S. The Bertz CT molecular complexity index is 991. The van der Waals surface area contributed by atoms with Crippen LogP contribution in [0.3, 0.4) is 0 Å². The van der Waals surface area contributed by atoms with Crippen LogP contribution >= 0.6 is 0 Å². The highest BCUT2D eigenvalue weighted by Gasteiger charge is 2.82. The van der Waals surface area contributed by atoms with Crippen LogP contribution < -0.4 is 5.14 Å². The van der Waals surface area contributed by atoms with E-state index < -0.39 is 27.5 Å². The Balaban J connectivity index is 1.40. The number of aromatic nitrogens is 4. The lowest BCUT2D eigenvalue weighted by molar-refractivity contribution is 0.0406. The molecule has 3 fully saturated rings. The molecule has 0 amide bonds. The number of piperidine rings is 1. The molecule has 2 N–H and O–H groups in total. The van der Waals surface area contributed by atoms with Gasteiger partial charge in [0.05, 0.1) is 11.5 Å². The van der Waals surface area contributed by atoms with E-state index >= 15 is 0 Å². The van der Waals surface area contributed by atoms with Crippen molar-refractivity contribution in [1.29, 1.82) is 0 Å². The van der Waals surface area contributed by atoms with Crippen LogP contribution in [0, 0.1) is 5.41 Å². The molecule has 2 saturated carbocycles. The van der Waals surface area contributed by atoms with Gasteiger partial charge in [0.15, 0.2) is 0 Å². The third-order valence-corrected chi connectivity index (χ3v) is 7.04.